The second-order valence-electron chi connectivity index (χ2n) is 18.2. The van der Waals surface area contributed by atoms with Crippen molar-refractivity contribution in [3.8, 4) is 11.5 Å². The Morgan fingerprint density at radius 1 is 0.712 bits per heavy atom. The third-order valence-electron chi connectivity index (χ3n) is 12.8. The number of nitrogens with zero attached hydrogens (tertiary/aromatic N) is 3. The number of aromatic nitrogens is 4. The average Bonchev–Trinajstić information content (AvgIpc) is 3.69. The molecule has 352 valence electrons. The van der Waals surface area contributed by atoms with Crippen LogP contribution >= 0.6 is 0 Å². The largest absolute Gasteiger partial charge is 0.497 e. The minimum atomic E-state index is -2.42. The van der Waals surface area contributed by atoms with Crippen molar-refractivity contribution in [1.82, 2.24) is 24.0 Å². The van der Waals surface area contributed by atoms with Crippen molar-refractivity contribution in [3.63, 3.8) is 0 Å². The molecule has 1 amide bonds. The molecule has 0 saturated carbocycles. The quantitative estimate of drug-likeness (QED) is 0.101. The maximum atomic E-state index is 14.4. The number of hydrogen-bond donors (Lipinski definition) is 2. The van der Waals surface area contributed by atoms with E-state index in [1.54, 1.807) is 28.1 Å². The summed E-state index contributed by atoms with van der Waals surface area (Å²) in [4.78, 5) is 71.5. The van der Waals surface area contributed by atoms with Crippen molar-refractivity contribution >= 4 is 14.4 Å². The number of rotatable bonds is 14. The molecule has 66 heavy (non-hydrogen) atoms. The van der Waals surface area contributed by atoms with Gasteiger partial charge in [-0.15, -0.1) is 0 Å². The number of amides is 1. The van der Waals surface area contributed by atoms with E-state index < -0.39 is 73.3 Å². The van der Waals surface area contributed by atoms with Crippen molar-refractivity contribution in [2.24, 2.45) is 0 Å². The molecular formula is C48H59N5O12Si. The molecular weight excluding hydrogens is 867 g/mol. The summed E-state index contributed by atoms with van der Waals surface area (Å²) < 4.78 is 46.6. The van der Waals surface area contributed by atoms with Crippen LogP contribution in [0.15, 0.2) is 110 Å². The van der Waals surface area contributed by atoms with Crippen molar-refractivity contribution in [2.75, 3.05) is 40.5 Å². The normalized spacial score (nSPS) is 20.3. The second-order valence-corrected chi connectivity index (χ2v) is 23.0. The highest BCUT2D eigenvalue weighted by Crippen LogP contribution is 2.43. The zero-order chi connectivity index (χ0) is 47.6. The molecule has 3 aromatic carbocycles. The van der Waals surface area contributed by atoms with Crippen LogP contribution < -0.4 is 32.0 Å². The van der Waals surface area contributed by atoms with Crippen LogP contribution in [0.5, 0.6) is 11.5 Å². The van der Waals surface area contributed by atoms with Gasteiger partial charge in [-0.3, -0.25) is 28.7 Å². The van der Waals surface area contributed by atoms with Gasteiger partial charge in [0.05, 0.1) is 40.0 Å². The predicted octanol–water partition coefficient (Wildman–Crippen LogP) is 5.74. The van der Waals surface area contributed by atoms with Gasteiger partial charge >= 0.3 is 17.5 Å². The molecule has 0 aliphatic carbocycles. The predicted molar refractivity (Wildman–Crippen MR) is 248 cm³/mol. The van der Waals surface area contributed by atoms with E-state index in [9.17, 15) is 24.0 Å². The Hall–Kier alpha value is -6.05. The van der Waals surface area contributed by atoms with Gasteiger partial charge in [0.25, 0.3) is 11.1 Å². The van der Waals surface area contributed by atoms with Crippen molar-refractivity contribution in [2.45, 2.75) is 95.5 Å². The molecule has 0 spiro atoms. The Morgan fingerprint density at radius 2 is 1.23 bits per heavy atom. The standard InChI is InChI=1S/C48H59N5O12Si/c1-30-24-52(44(56)49-42(30)54)40-23-38(65-66(8,9)47(3,4)5)39(64-40)29-61-46(58)51-26-37(63-41(27-51)53-25-31(2)43(55)50-45(53)57)28-62-48(32-13-11-10-12-14-32,33-15-19-35(59-6)20-16-33)34-17-21-36(60-7)22-18-34/h10-22,24-25,37-41H,23,26-29H2,1-9H3,(H,49,54,56)(H,50,55,57)/t37-,38-,39+,40+,41+/m0/s1. The molecule has 18 heteroatoms. The molecule has 2 saturated heterocycles. The summed E-state index contributed by atoms with van der Waals surface area (Å²) in [5.74, 6) is 1.31. The summed E-state index contributed by atoms with van der Waals surface area (Å²) in [6.45, 7) is 13.3. The number of methoxy groups -OCH3 is 2. The lowest BCUT2D eigenvalue weighted by Crippen LogP contribution is -2.53. The molecule has 5 aromatic rings. The van der Waals surface area contributed by atoms with E-state index in [1.165, 1.54) is 26.4 Å². The Bertz CT molecular complexity index is 2680. The molecule has 7 rings (SSSR count). The molecule has 5 atom stereocenters. The number of carbonyl (C=O) groups is 1. The fourth-order valence-electron chi connectivity index (χ4n) is 8.05. The lowest BCUT2D eigenvalue weighted by molar-refractivity contribution is -0.153. The smallest absolute Gasteiger partial charge is 0.410 e. The first-order valence-corrected chi connectivity index (χ1v) is 24.8. The van der Waals surface area contributed by atoms with Crippen LogP contribution in [0.2, 0.25) is 18.1 Å². The van der Waals surface area contributed by atoms with Crippen LogP contribution in [0.1, 0.15) is 67.5 Å². The highest BCUT2D eigenvalue weighted by Gasteiger charge is 2.46. The third kappa shape index (κ3) is 10.0. The van der Waals surface area contributed by atoms with Crippen LogP contribution in [0.3, 0.4) is 0 Å². The molecule has 0 bridgehead atoms. The zero-order valence-corrected chi connectivity index (χ0v) is 39.8. The van der Waals surface area contributed by atoms with Gasteiger partial charge in [-0.2, -0.15) is 0 Å². The fourth-order valence-corrected chi connectivity index (χ4v) is 9.41. The number of aryl methyl sites for hydroxylation is 2. The van der Waals surface area contributed by atoms with E-state index in [1.807, 2.05) is 78.9 Å². The molecule has 0 radical (unpaired) electrons. The van der Waals surface area contributed by atoms with Gasteiger partial charge in [0.1, 0.15) is 42.1 Å². The Morgan fingerprint density at radius 3 is 1.74 bits per heavy atom. The second kappa shape index (κ2) is 19.4. The van der Waals surface area contributed by atoms with Gasteiger partial charge in [-0.1, -0.05) is 75.4 Å². The first-order valence-electron chi connectivity index (χ1n) is 21.9. The van der Waals surface area contributed by atoms with Crippen molar-refractivity contribution in [3.05, 3.63) is 161 Å². The summed E-state index contributed by atoms with van der Waals surface area (Å²) in [5, 5.41) is -0.172. The van der Waals surface area contributed by atoms with Crippen LogP contribution in [0.25, 0.3) is 0 Å². The van der Waals surface area contributed by atoms with E-state index in [0.29, 0.717) is 17.1 Å². The SMILES string of the molecule is COc1ccc(C(OC[C@@H]2CN(C(=O)OC[C@H]3O[C@@H](n4cc(C)c(=O)[nH]c4=O)C[C@@H]3O[Si](C)(C)C(C)(C)C)C[C@H](n3cc(C)c(=O)[nH]c3=O)O2)(c2ccccc2)c2ccc(OC)cc2)cc1. The van der Waals surface area contributed by atoms with Gasteiger partial charge in [0, 0.05) is 29.9 Å². The number of H-pyrrole nitrogens is 2. The minimum Gasteiger partial charge on any atom is -0.497 e. The average molecular weight is 926 g/mol. The number of aromatic amines is 2. The monoisotopic (exact) mass is 925 g/mol. The molecule has 2 aliphatic heterocycles. The van der Waals surface area contributed by atoms with Crippen LogP contribution in [0, 0.1) is 13.8 Å². The molecule has 2 N–H and O–H groups in total. The topological polar surface area (TPSA) is 195 Å². The highest BCUT2D eigenvalue weighted by atomic mass is 28.4. The number of morpholine rings is 1. The molecule has 2 aromatic heterocycles. The molecule has 17 nitrogen and oxygen atoms in total. The van der Waals surface area contributed by atoms with Gasteiger partial charge < -0.3 is 37.7 Å². The Labute approximate surface area is 383 Å². The third-order valence-corrected chi connectivity index (χ3v) is 17.3. The summed E-state index contributed by atoms with van der Waals surface area (Å²) in [7, 11) is 0.774. The van der Waals surface area contributed by atoms with E-state index in [-0.39, 0.29) is 43.3 Å². The summed E-state index contributed by atoms with van der Waals surface area (Å²) in [6, 6.07) is 24.8. The number of hydrogen-bond acceptors (Lipinski definition) is 12. The van der Waals surface area contributed by atoms with E-state index >= 15 is 0 Å². The molecule has 2 aliphatic rings. The number of ether oxygens (including phenoxy) is 6. The van der Waals surface area contributed by atoms with Gasteiger partial charge in [0.2, 0.25) is 0 Å². The molecule has 2 fully saturated rings. The lowest BCUT2D eigenvalue weighted by Gasteiger charge is -2.41. The minimum absolute atomic E-state index is 0.00733. The van der Waals surface area contributed by atoms with E-state index in [4.69, 9.17) is 32.8 Å². The maximum absolute atomic E-state index is 14.4. The fraction of sp³-hybridized carbons (Fsp3) is 0.438. The summed E-state index contributed by atoms with van der Waals surface area (Å²) in [5.41, 5.74) is -0.648. The number of benzene rings is 3. The Balaban J connectivity index is 1.20. The van der Waals surface area contributed by atoms with Crippen LogP contribution in [0.4, 0.5) is 4.79 Å². The van der Waals surface area contributed by atoms with E-state index in [2.05, 4.69) is 43.8 Å². The van der Waals surface area contributed by atoms with Crippen LogP contribution in [-0.2, 0) is 29.0 Å². The summed E-state index contributed by atoms with van der Waals surface area (Å²) >= 11 is 0. The first-order chi connectivity index (χ1) is 31.3. The van der Waals surface area contributed by atoms with Gasteiger partial charge in [-0.25, -0.2) is 14.4 Å². The van der Waals surface area contributed by atoms with Crippen LogP contribution in [-0.4, -0.2) is 97.2 Å². The maximum Gasteiger partial charge on any atom is 0.410 e. The first kappa shape index (κ1) is 47.9. The van der Waals surface area contributed by atoms with Crippen molar-refractivity contribution < 1.29 is 37.6 Å². The van der Waals surface area contributed by atoms with Gasteiger partial charge in [0.15, 0.2) is 14.5 Å². The number of carbonyl (C=O) groups excluding carboxylic acids is 1. The molecule has 4 heterocycles. The molecule has 0 unspecified atom stereocenters. The summed E-state index contributed by atoms with van der Waals surface area (Å²) in [6.07, 6.45) is -1.67. The van der Waals surface area contributed by atoms with Gasteiger partial charge in [-0.05, 0) is 72.9 Å². The lowest BCUT2D eigenvalue weighted by atomic mass is 9.80. The van der Waals surface area contributed by atoms with E-state index in [0.717, 1.165) is 16.7 Å². The Kier molecular flexibility index (Phi) is 14.1. The number of nitrogens with one attached hydrogen (secondary N) is 2. The van der Waals surface area contributed by atoms with Crippen molar-refractivity contribution in [1.29, 1.82) is 0 Å². The highest BCUT2D eigenvalue weighted by molar-refractivity contribution is 6.74. The zero-order valence-electron chi connectivity index (χ0n) is 38.8.